The molecule has 2 rings (SSSR count). The van der Waals surface area contributed by atoms with Crippen molar-refractivity contribution < 1.29 is 13.5 Å². The van der Waals surface area contributed by atoms with Gasteiger partial charge in [0.2, 0.25) is 10.0 Å². The van der Waals surface area contributed by atoms with E-state index < -0.39 is 15.6 Å². The Morgan fingerprint density at radius 2 is 2.21 bits per heavy atom. The molecule has 6 nitrogen and oxygen atoms in total. The van der Waals surface area contributed by atoms with Crippen LogP contribution in [0, 0.1) is 0 Å². The van der Waals surface area contributed by atoms with E-state index in [0.717, 1.165) is 0 Å². The highest BCUT2D eigenvalue weighted by Gasteiger charge is 2.35. The lowest BCUT2D eigenvalue weighted by Crippen LogP contribution is -2.48. The molecule has 1 aromatic heterocycles. The molecular formula is C12H19N3O3S. The molecule has 0 saturated carbocycles. The number of hydrogen-bond acceptors (Lipinski definition) is 5. The van der Waals surface area contributed by atoms with E-state index in [4.69, 9.17) is 0 Å². The van der Waals surface area contributed by atoms with E-state index in [2.05, 4.69) is 10.3 Å². The first-order valence-electron chi connectivity index (χ1n) is 6.21. The van der Waals surface area contributed by atoms with Crippen molar-refractivity contribution in [2.45, 2.75) is 30.3 Å². The van der Waals surface area contributed by atoms with Gasteiger partial charge in [0.15, 0.2) is 0 Å². The average molecular weight is 285 g/mol. The molecule has 106 valence electrons. The normalized spacial score (nSPS) is 25.2. The lowest BCUT2D eigenvalue weighted by molar-refractivity contribution is 0.00939. The van der Waals surface area contributed by atoms with Gasteiger partial charge in [0, 0.05) is 26.3 Å². The molecule has 0 spiro atoms. The second kappa shape index (κ2) is 5.07. The van der Waals surface area contributed by atoms with Crippen LogP contribution in [0.25, 0.3) is 0 Å². The van der Waals surface area contributed by atoms with Crippen molar-refractivity contribution in [3.63, 3.8) is 0 Å². The number of hydrogen-bond donors (Lipinski definition) is 2. The molecular weight excluding hydrogens is 266 g/mol. The zero-order valence-electron chi connectivity index (χ0n) is 11.1. The third-order valence-corrected chi connectivity index (χ3v) is 5.10. The number of rotatable bonds is 3. The third-order valence-electron chi connectivity index (χ3n) is 3.27. The van der Waals surface area contributed by atoms with Crippen molar-refractivity contribution in [1.29, 1.82) is 0 Å². The second-order valence-corrected chi connectivity index (χ2v) is 7.01. The number of nitrogens with one attached hydrogen (secondary N) is 1. The first-order chi connectivity index (χ1) is 8.85. The van der Waals surface area contributed by atoms with Crippen LogP contribution in [-0.4, -0.2) is 48.6 Å². The SMILES string of the molecule is CNc1ccc(S(=O)(=O)N2CCCC(C)(O)C2)cn1. The minimum absolute atomic E-state index is 0.128. The Bertz CT molecular complexity index is 540. The zero-order chi connectivity index (χ0) is 14.1. The molecule has 1 fully saturated rings. The number of pyridine rings is 1. The largest absolute Gasteiger partial charge is 0.389 e. The Balaban J connectivity index is 2.26. The maximum atomic E-state index is 12.4. The summed E-state index contributed by atoms with van der Waals surface area (Å²) in [5, 5.41) is 12.8. The first kappa shape index (κ1) is 14.2. The molecule has 1 saturated heterocycles. The Labute approximate surface area is 113 Å². The van der Waals surface area contributed by atoms with Crippen LogP contribution in [0.5, 0.6) is 0 Å². The van der Waals surface area contributed by atoms with E-state index in [1.54, 1.807) is 20.0 Å². The van der Waals surface area contributed by atoms with Gasteiger partial charge >= 0.3 is 0 Å². The predicted octanol–water partition coefficient (Wildman–Crippen LogP) is 0.659. The molecule has 2 N–H and O–H groups in total. The quantitative estimate of drug-likeness (QED) is 0.852. The number of aliphatic hydroxyl groups is 1. The highest BCUT2D eigenvalue weighted by Crippen LogP contribution is 2.25. The van der Waals surface area contributed by atoms with Crippen LogP contribution in [0.15, 0.2) is 23.2 Å². The van der Waals surface area contributed by atoms with Crippen LogP contribution in [0.4, 0.5) is 5.82 Å². The predicted molar refractivity (Wildman–Crippen MR) is 72.4 cm³/mol. The van der Waals surface area contributed by atoms with E-state index in [9.17, 15) is 13.5 Å². The zero-order valence-corrected chi connectivity index (χ0v) is 11.9. The molecule has 1 unspecified atom stereocenters. The molecule has 0 amide bonds. The van der Waals surface area contributed by atoms with Gasteiger partial charge in [-0.25, -0.2) is 13.4 Å². The summed E-state index contributed by atoms with van der Waals surface area (Å²) in [4.78, 5) is 4.17. The van der Waals surface area contributed by atoms with Crippen molar-refractivity contribution in [2.24, 2.45) is 0 Å². The molecule has 0 radical (unpaired) electrons. The van der Waals surface area contributed by atoms with Crippen LogP contribution >= 0.6 is 0 Å². The average Bonchev–Trinajstić information content (AvgIpc) is 2.37. The van der Waals surface area contributed by atoms with Gasteiger partial charge in [-0.15, -0.1) is 0 Å². The van der Waals surface area contributed by atoms with Gasteiger partial charge < -0.3 is 10.4 Å². The summed E-state index contributed by atoms with van der Waals surface area (Å²) in [6, 6.07) is 3.15. The number of β-amino-alcohol motifs (C(OH)–C–C–N with tert-alkyl or cyclic N) is 1. The van der Waals surface area contributed by atoms with Crippen LogP contribution in [0.3, 0.4) is 0 Å². The Hall–Kier alpha value is -1.18. The third kappa shape index (κ3) is 3.05. The smallest absolute Gasteiger partial charge is 0.244 e. The highest BCUT2D eigenvalue weighted by atomic mass is 32.2. The maximum absolute atomic E-state index is 12.4. The lowest BCUT2D eigenvalue weighted by Gasteiger charge is -2.35. The van der Waals surface area contributed by atoms with E-state index in [1.165, 1.54) is 16.6 Å². The number of sulfonamides is 1. The van der Waals surface area contributed by atoms with Gasteiger partial charge in [0.25, 0.3) is 0 Å². The molecule has 1 atom stereocenters. The maximum Gasteiger partial charge on any atom is 0.244 e. The fraction of sp³-hybridized carbons (Fsp3) is 0.583. The van der Waals surface area contributed by atoms with Crippen molar-refractivity contribution >= 4 is 15.8 Å². The molecule has 7 heteroatoms. The molecule has 0 bridgehead atoms. The van der Waals surface area contributed by atoms with Crippen molar-refractivity contribution in [2.75, 3.05) is 25.5 Å². The molecule has 1 aliphatic heterocycles. The van der Waals surface area contributed by atoms with Crippen LogP contribution in [0.1, 0.15) is 19.8 Å². The van der Waals surface area contributed by atoms with E-state index in [0.29, 0.717) is 25.2 Å². The summed E-state index contributed by atoms with van der Waals surface area (Å²) < 4.78 is 26.2. The standard InChI is InChI=1S/C12H19N3O3S/c1-12(16)6-3-7-15(9-12)19(17,18)10-4-5-11(13-2)14-8-10/h4-5,8,16H,3,6-7,9H2,1-2H3,(H,13,14). The first-order valence-corrected chi connectivity index (χ1v) is 7.65. The van der Waals surface area contributed by atoms with Crippen molar-refractivity contribution in [3.05, 3.63) is 18.3 Å². The summed E-state index contributed by atoms with van der Waals surface area (Å²) in [5.74, 6) is 0.615. The Morgan fingerprint density at radius 1 is 1.47 bits per heavy atom. The topological polar surface area (TPSA) is 82.5 Å². The van der Waals surface area contributed by atoms with Crippen molar-refractivity contribution in [1.82, 2.24) is 9.29 Å². The van der Waals surface area contributed by atoms with Gasteiger partial charge in [0.05, 0.1) is 5.60 Å². The summed E-state index contributed by atoms with van der Waals surface area (Å²) in [7, 11) is -1.85. The van der Waals surface area contributed by atoms with E-state index in [-0.39, 0.29) is 11.4 Å². The molecule has 2 heterocycles. The number of piperidine rings is 1. The Kier molecular flexibility index (Phi) is 3.80. The highest BCUT2D eigenvalue weighted by molar-refractivity contribution is 7.89. The number of anilines is 1. The van der Waals surface area contributed by atoms with Crippen LogP contribution in [0.2, 0.25) is 0 Å². The molecule has 1 aliphatic rings. The van der Waals surface area contributed by atoms with Crippen molar-refractivity contribution in [3.8, 4) is 0 Å². The number of nitrogens with zero attached hydrogens (tertiary/aromatic N) is 2. The minimum Gasteiger partial charge on any atom is -0.389 e. The second-order valence-electron chi connectivity index (χ2n) is 5.07. The van der Waals surface area contributed by atoms with Gasteiger partial charge in [0.1, 0.15) is 10.7 Å². The summed E-state index contributed by atoms with van der Waals surface area (Å²) in [6.07, 6.45) is 2.62. The number of aromatic nitrogens is 1. The lowest BCUT2D eigenvalue weighted by atomic mass is 9.97. The van der Waals surface area contributed by atoms with Gasteiger partial charge in [-0.3, -0.25) is 0 Å². The monoisotopic (exact) mass is 285 g/mol. The molecule has 19 heavy (non-hydrogen) atoms. The van der Waals surface area contributed by atoms with E-state index in [1.807, 2.05) is 0 Å². The van der Waals surface area contributed by atoms with Gasteiger partial charge in [-0.1, -0.05) is 0 Å². The fourth-order valence-electron chi connectivity index (χ4n) is 2.21. The van der Waals surface area contributed by atoms with Crippen LogP contribution < -0.4 is 5.32 Å². The minimum atomic E-state index is -3.58. The summed E-state index contributed by atoms with van der Waals surface area (Å²) in [6.45, 7) is 2.23. The molecule has 1 aromatic rings. The Morgan fingerprint density at radius 3 is 2.74 bits per heavy atom. The van der Waals surface area contributed by atoms with E-state index >= 15 is 0 Å². The summed E-state index contributed by atoms with van der Waals surface area (Å²) in [5.41, 5.74) is -0.955. The fourth-order valence-corrected chi connectivity index (χ4v) is 3.75. The summed E-state index contributed by atoms with van der Waals surface area (Å²) >= 11 is 0. The molecule has 0 aliphatic carbocycles. The molecule has 0 aromatic carbocycles. The van der Waals surface area contributed by atoms with Crippen LogP contribution in [-0.2, 0) is 10.0 Å². The van der Waals surface area contributed by atoms with Gasteiger partial charge in [-0.2, -0.15) is 4.31 Å². The van der Waals surface area contributed by atoms with Gasteiger partial charge in [-0.05, 0) is 31.9 Å².